The van der Waals surface area contributed by atoms with Crippen molar-refractivity contribution in [1.29, 1.82) is 0 Å². The summed E-state index contributed by atoms with van der Waals surface area (Å²) in [7, 11) is 0. The van der Waals surface area contributed by atoms with Gasteiger partial charge in [-0.3, -0.25) is 10.1 Å². The lowest BCUT2D eigenvalue weighted by Crippen LogP contribution is -1.91. The van der Waals surface area contributed by atoms with Crippen molar-refractivity contribution < 1.29 is 9.45 Å². The molecule has 6 heteroatoms. The topological polar surface area (TPSA) is 69.2 Å². The van der Waals surface area contributed by atoms with Crippen molar-refractivity contribution in [2.75, 3.05) is 0 Å². The summed E-state index contributed by atoms with van der Waals surface area (Å²) >= 11 is 3.28. The van der Waals surface area contributed by atoms with Crippen molar-refractivity contribution in [3.63, 3.8) is 0 Å². The molecule has 0 N–H and O–H groups in total. The average Bonchev–Trinajstić information content (AvgIpc) is 2.72. The molecule has 5 nitrogen and oxygen atoms in total. The van der Waals surface area contributed by atoms with Gasteiger partial charge in [-0.2, -0.15) is 0 Å². The highest BCUT2D eigenvalue weighted by Gasteiger charge is 2.25. The van der Waals surface area contributed by atoms with Crippen LogP contribution in [0.2, 0.25) is 0 Å². The zero-order chi connectivity index (χ0) is 13.1. The van der Waals surface area contributed by atoms with Gasteiger partial charge in [-0.05, 0) is 34.5 Å². The predicted octanol–water partition coefficient (Wildman–Crippen LogP) is 3.78. The van der Waals surface area contributed by atoms with Crippen molar-refractivity contribution in [2.45, 2.75) is 6.92 Å². The van der Waals surface area contributed by atoms with Crippen molar-refractivity contribution in [2.24, 2.45) is 0 Å². The van der Waals surface area contributed by atoms with Crippen LogP contribution >= 0.6 is 15.9 Å². The van der Waals surface area contributed by atoms with Crippen LogP contribution in [0, 0.1) is 17.0 Å². The third kappa shape index (κ3) is 2.48. The van der Waals surface area contributed by atoms with Gasteiger partial charge in [-0.1, -0.05) is 35.5 Å². The molecule has 92 valence electrons. The number of hydrogen-bond donors (Lipinski definition) is 0. The standard InChI is InChI=1S/C12H9BrN2O3/c1-8-11(15(16)17)12(18-14-8)10(13)7-9-5-3-2-4-6-9/h2-7H,1H3/b10-7+. The van der Waals surface area contributed by atoms with E-state index in [2.05, 4.69) is 21.1 Å². The van der Waals surface area contributed by atoms with E-state index in [0.717, 1.165) is 5.56 Å². The van der Waals surface area contributed by atoms with Crippen LogP contribution in [0.25, 0.3) is 10.6 Å². The molecule has 0 saturated carbocycles. The molecule has 0 fully saturated rings. The van der Waals surface area contributed by atoms with Crippen molar-refractivity contribution >= 4 is 32.2 Å². The number of rotatable bonds is 3. The first-order chi connectivity index (χ1) is 8.59. The Hall–Kier alpha value is -1.95. The maximum atomic E-state index is 10.9. The predicted molar refractivity (Wildman–Crippen MR) is 71.1 cm³/mol. The molecule has 2 aromatic rings. The van der Waals surface area contributed by atoms with Gasteiger partial charge in [0, 0.05) is 0 Å². The number of nitro groups is 1. The Morgan fingerprint density at radius 1 is 1.44 bits per heavy atom. The quantitative estimate of drug-likeness (QED) is 0.639. The van der Waals surface area contributed by atoms with Crippen LogP contribution in [-0.2, 0) is 0 Å². The molecule has 0 saturated heterocycles. The summed E-state index contributed by atoms with van der Waals surface area (Å²) in [6.07, 6.45) is 1.74. The van der Waals surface area contributed by atoms with E-state index >= 15 is 0 Å². The Morgan fingerprint density at radius 3 is 2.72 bits per heavy atom. The number of halogens is 1. The first kappa shape index (κ1) is 12.5. The Labute approximate surface area is 111 Å². The molecule has 0 radical (unpaired) electrons. The smallest absolute Gasteiger partial charge is 0.339 e. The van der Waals surface area contributed by atoms with Crippen molar-refractivity contribution in [3.8, 4) is 0 Å². The highest BCUT2D eigenvalue weighted by atomic mass is 79.9. The molecule has 18 heavy (non-hydrogen) atoms. The minimum absolute atomic E-state index is 0.117. The first-order valence-corrected chi connectivity index (χ1v) is 5.92. The summed E-state index contributed by atoms with van der Waals surface area (Å²) in [5.74, 6) is 0.126. The van der Waals surface area contributed by atoms with Gasteiger partial charge in [0.05, 0.1) is 9.41 Å². The molecule has 1 aromatic heterocycles. The van der Waals surface area contributed by atoms with E-state index in [-0.39, 0.29) is 17.1 Å². The number of hydrogen-bond acceptors (Lipinski definition) is 4. The summed E-state index contributed by atoms with van der Waals surface area (Å²) in [6.45, 7) is 1.54. The third-order valence-electron chi connectivity index (χ3n) is 2.32. The lowest BCUT2D eigenvalue weighted by atomic mass is 10.2. The molecule has 0 atom stereocenters. The molecular formula is C12H9BrN2O3. The summed E-state index contributed by atoms with van der Waals surface area (Å²) in [6, 6.07) is 9.43. The van der Waals surface area contributed by atoms with E-state index in [1.54, 1.807) is 6.08 Å². The van der Waals surface area contributed by atoms with Crippen molar-refractivity contribution in [1.82, 2.24) is 5.16 Å². The Morgan fingerprint density at radius 2 is 2.11 bits per heavy atom. The lowest BCUT2D eigenvalue weighted by Gasteiger charge is -1.95. The fraction of sp³-hybridized carbons (Fsp3) is 0.0833. The monoisotopic (exact) mass is 308 g/mol. The fourth-order valence-electron chi connectivity index (χ4n) is 1.50. The lowest BCUT2D eigenvalue weighted by molar-refractivity contribution is -0.386. The number of aryl methyl sites for hydroxylation is 1. The number of aromatic nitrogens is 1. The first-order valence-electron chi connectivity index (χ1n) is 5.13. The van der Waals surface area contributed by atoms with Gasteiger partial charge in [0.15, 0.2) is 5.69 Å². The van der Waals surface area contributed by atoms with Crippen LogP contribution in [0.5, 0.6) is 0 Å². The van der Waals surface area contributed by atoms with Gasteiger partial charge in [0.2, 0.25) is 0 Å². The molecule has 0 bridgehead atoms. The van der Waals surface area contributed by atoms with E-state index in [9.17, 15) is 10.1 Å². The van der Waals surface area contributed by atoms with E-state index in [0.29, 0.717) is 4.48 Å². The largest absolute Gasteiger partial charge is 0.348 e. The summed E-state index contributed by atoms with van der Waals surface area (Å²) < 4.78 is 5.47. The zero-order valence-electron chi connectivity index (χ0n) is 9.46. The van der Waals surface area contributed by atoms with Crippen molar-refractivity contribution in [3.05, 3.63) is 57.5 Å². The van der Waals surface area contributed by atoms with Crippen LogP contribution in [0.4, 0.5) is 5.69 Å². The molecular weight excluding hydrogens is 300 g/mol. The molecule has 1 heterocycles. The molecule has 0 aliphatic carbocycles. The number of nitrogens with zero attached hydrogens (tertiary/aromatic N) is 2. The molecule has 2 rings (SSSR count). The number of benzene rings is 1. The van der Waals surface area contributed by atoms with Gasteiger partial charge in [0.25, 0.3) is 5.76 Å². The van der Waals surface area contributed by atoms with Gasteiger partial charge in [0.1, 0.15) is 0 Å². The second-order valence-electron chi connectivity index (χ2n) is 3.61. The molecule has 1 aromatic carbocycles. The Kier molecular flexibility index (Phi) is 3.57. The minimum Gasteiger partial charge on any atom is -0.348 e. The molecule has 0 aliphatic rings. The van der Waals surface area contributed by atoms with Gasteiger partial charge in [-0.15, -0.1) is 0 Å². The maximum absolute atomic E-state index is 10.9. The maximum Gasteiger partial charge on any atom is 0.339 e. The normalized spacial score (nSPS) is 11.6. The molecule has 0 aliphatic heterocycles. The van der Waals surface area contributed by atoms with E-state index < -0.39 is 4.92 Å². The van der Waals surface area contributed by atoms with Crippen LogP contribution < -0.4 is 0 Å². The average molecular weight is 309 g/mol. The van der Waals surface area contributed by atoms with Gasteiger partial charge < -0.3 is 4.52 Å². The fourth-order valence-corrected chi connectivity index (χ4v) is 2.02. The van der Waals surface area contributed by atoms with E-state index in [1.165, 1.54) is 6.92 Å². The Balaban J connectivity index is 2.44. The van der Waals surface area contributed by atoms with Gasteiger partial charge in [-0.25, -0.2) is 0 Å². The highest BCUT2D eigenvalue weighted by Crippen LogP contribution is 2.33. The van der Waals surface area contributed by atoms with E-state index in [4.69, 9.17) is 4.52 Å². The second kappa shape index (κ2) is 5.14. The Bertz CT molecular complexity index is 605. The highest BCUT2D eigenvalue weighted by molar-refractivity contribution is 9.15. The molecule has 0 unspecified atom stereocenters. The summed E-state index contributed by atoms with van der Waals surface area (Å²) in [5.41, 5.74) is 1.05. The third-order valence-corrected chi connectivity index (χ3v) is 2.91. The zero-order valence-corrected chi connectivity index (χ0v) is 11.0. The molecule has 0 spiro atoms. The second-order valence-corrected chi connectivity index (χ2v) is 4.46. The van der Waals surface area contributed by atoms with Crippen LogP contribution in [0.15, 0.2) is 34.9 Å². The van der Waals surface area contributed by atoms with Crippen LogP contribution in [0.1, 0.15) is 17.0 Å². The summed E-state index contributed by atoms with van der Waals surface area (Å²) in [5, 5.41) is 14.5. The SMILES string of the molecule is Cc1noc(/C(Br)=C\c2ccccc2)c1[N+](=O)[O-]. The van der Waals surface area contributed by atoms with E-state index in [1.807, 2.05) is 30.3 Å². The van der Waals surface area contributed by atoms with Crippen LogP contribution in [0.3, 0.4) is 0 Å². The minimum atomic E-state index is -0.499. The van der Waals surface area contributed by atoms with Crippen LogP contribution in [-0.4, -0.2) is 10.1 Å². The molecule has 0 amide bonds. The summed E-state index contributed by atoms with van der Waals surface area (Å²) in [4.78, 5) is 10.4. The van der Waals surface area contributed by atoms with Gasteiger partial charge >= 0.3 is 5.69 Å².